The Hall–Kier alpha value is -3.30. The maximum Gasteiger partial charge on any atom is 0.341 e. The SMILES string of the molecule is Cc1ccc(Cl)cc1NC(=O)CN1C(=O)S/C(=C/c2ccc(OCC(=O)O)cc2)C1=O. The van der Waals surface area contributed by atoms with E-state index in [4.69, 9.17) is 21.4 Å². The number of halogens is 1. The first-order chi connectivity index (χ1) is 14.7. The van der Waals surface area contributed by atoms with Crippen molar-refractivity contribution in [3.8, 4) is 5.75 Å². The first kappa shape index (κ1) is 22.4. The van der Waals surface area contributed by atoms with Crippen molar-refractivity contribution in [2.75, 3.05) is 18.5 Å². The van der Waals surface area contributed by atoms with Crippen LogP contribution in [0.2, 0.25) is 5.02 Å². The van der Waals surface area contributed by atoms with E-state index in [1.54, 1.807) is 49.4 Å². The molecule has 31 heavy (non-hydrogen) atoms. The molecule has 0 atom stereocenters. The number of imide groups is 1. The standard InChI is InChI=1S/C21H17ClN2O6S/c1-12-2-5-14(22)9-16(12)23-18(25)10-24-20(28)17(31-21(24)29)8-13-3-6-15(7-4-13)30-11-19(26)27/h2-9H,10-11H2,1H3,(H,23,25)(H,26,27)/b17-8+. The van der Waals surface area contributed by atoms with Gasteiger partial charge in [0.15, 0.2) is 6.61 Å². The Labute approximate surface area is 186 Å². The van der Waals surface area contributed by atoms with Gasteiger partial charge in [-0.2, -0.15) is 0 Å². The molecule has 2 aromatic rings. The van der Waals surface area contributed by atoms with Crippen LogP contribution in [0.1, 0.15) is 11.1 Å². The minimum atomic E-state index is -1.09. The topological polar surface area (TPSA) is 113 Å². The maximum absolute atomic E-state index is 12.6. The number of thioether (sulfide) groups is 1. The van der Waals surface area contributed by atoms with Crippen LogP contribution in [0.25, 0.3) is 6.08 Å². The van der Waals surface area contributed by atoms with Gasteiger partial charge in [-0.1, -0.05) is 29.8 Å². The van der Waals surface area contributed by atoms with Gasteiger partial charge in [-0.3, -0.25) is 19.3 Å². The molecule has 0 aromatic heterocycles. The van der Waals surface area contributed by atoms with Crippen molar-refractivity contribution in [1.29, 1.82) is 0 Å². The number of nitrogens with one attached hydrogen (secondary N) is 1. The molecule has 0 aliphatic carbocycles. The molecule has 3 amide bonds. The highest BCUT2D eigenvalue weighted by atomic mass is 35.5. The van der Waals surface area contributed by atoms with Crippen LogP contribution in [0.4, 0.5) is 10.5 Å². The van der Waals surface area contributed by atoms with E-state index in [0.717, 1.165) is 22.2 Å². The first-order valence-corrected chi connectivity index (χ1v) is 10.2. The summed E-state index contributed by atoms with van der Waals surface area (Å²) in [5.74, 6) is -1.82. The van der Waals surface area contributed by atoms with Crippen molar-refractivity contribution >= 4 is 58.1 Å². The van der Waals surface area contributed by atoms with Crippen LogP contribution in [0, 0.1) is 6.92 Å². The monoisotopic (exact) mass is 460 g/mol. The second kappa shape index (κ2) is 9.67. The van der Waals surface area contributed by atoms with E-state index in [1.165, 1.54) is 6.08 Å². The smallest absolute Gasteiger partial charge is 0.341 e. The normalized spacial score (nSPS) is 14.8. The zero-order chi connectivity index (χ0) is 22.5. The summed E-state index contributed by atoms with van der Waals surface area (Å²) in [5.41, 5.74) is 1.92. The highest BCUT2D eigenvalue weighted by Gasteiger charge is 2.36. The Morgan fingerprint density at radius 1 is 1.19 bits per heavy atom. The van der Waals surface area contributed by atoms with Gasteiger partial charge in [-0.05, 0) is 60.2 Å². The van der Waals surface area contributed by atoms with E-state index in [9.17, 15) is 19.2 Å². The number of carboxylic acid groups (broad SMARTS) is 1. The zero-order valence-electron chi connectivity index (χ0n) is 16.3. The minimum absolute atomic E-state index is 0.177. The molecule has 0 saturated carbocycles. The number of rotatable bonds is 7. The Bertz CT molecular complexity index is 1080. The lowest BCUT2D eigenvalue weighted by Crippen LogP contribution is -2.36. The molecule has 0 unspecified atom stereocenters. The Morgan fingerprint density at radius 2 is 1.90 bits per heavy atom. The van der Waals surface area contributed by atoms with Crippen LogP contribution in [0.5, 0.6) is 5.75 Å². The number of aryl methyl sites for hydroxylation is 1. The van der Waals surface area contributed by atoms with Crippen molar-refractivity contribution in [2.24, 2.45) is 0 Å². The second-order valence-corrected chi connectivity index (χ2v) is 7.96. The third kappa shape index (κ3) is 5.87. The number of aliphatic carboxylic acids is 1. The van der Waals surface area contributed by atoms with E-state index < -0.39 is 36.2 Å². The fourth-order valence-corrected chi connectivity index (χ4v) is 3.67. The summed E-state index contributed by atoms with van der Waals surface area (Å²) in [5, 5.41) is 11.2. The number of carboxylic acids is 1. The lowest BCUT2D eigenvalue weighted by molar-refractivity contribution is -0.139. The summed E-state index contributed by atoms with van der Waals surface area (Å²) in [6.07, 6.45) is 1.52. The predicted molar refractivity (Wildman–Crippen MR) is 117 cm³/mol. The molecule has 2 N–H and O–H groups in total. The van der Waals surface area contributed by atoms with Gasteiger partial charge in [0.1, 0.15) is 12.3 Å². The van der Waals surface area contributed by atoms with E-state index >= 15 is 0 Å². The van der Waals surface area contributed by atoms with Crippen molar-refractivity contribution in [3.05, 3.63) is 63.5 Å². The lowest BCUT2D eigenvalue weighted by Gasteiger charge is -2.13. The molecule has 160 valence electrons. The fraction of sp³-hybridized carbons (Fsp3) is 0.143. The van der Waals surface area contributed by atoms with Gasteiger partial charge in [-0.15, -0.1) is 0 Å². The molecule has 0 radical (unpaired) electrons. The molecule has 1 aliphatic rings. The molecule has 1 aliphatic heterocycles. The molecular weight excluding hydrogens is 444 g/mol. The van der Waals surface area contributed by atoms with Gasteiger partial charge < -0.3 is 15.2 Å². The number of ether oxygens (including phenoxy) is 1. The van der Waals surface area contributed by atoms with Gasteiger partial charge in [-0.25, -0.2) is 4.79 Å². The van der Waals surface area contributed by atoms with Crippen LogP contribution in [-0.4, -0.2) is 46.2 Å². The molecule has 1 saturated heterocycles. The Balaban J connectivity index is 1.65. The molecule has 0 spiro atoms. The maximum atomic E-state index is 12.6. The number of anilines is 1. The van der Waals surface area contributed by atoms with Crippen molar-refractivity contribution in [1.82, 2.24) is 4.90 Å². The Morgan fingerprint density at radius 3 is 2.58 bits per heavy atom. The number of hydrogen-bond acceptors (Lipinski definition) is 6. The summed E-state index contributed by atoms with van der Waals surface area (Å²) >= 11 is 6.68. The quantitative estimate of drug-likeness (QED) is 0.604. The fourth-order valence-electron chi connectivity index (χ4n) is 2.66. The predicted octanol–water partition coefficient (Wildman–Crippen LogP) is 3.79. The van der Waals surface area contributed by atoms with Gasteiger partial charge in [0, 0.05) is 10.7 Å². The summed E-state index contributed by atoms with van der Waals surface area (Å²) in [6.45, 7) is 0.914. The molecular formula is C21H17ClN2O6S. The van der Waals surface area contributed by atoms with Gasteiger partial charge in [0.2, 0.25) is 5.91 Å². The zero-order valence-corrected chi connectivity index (χ0v) is 17.8. The minimum Gasteiger partial charge on any atom is -0.482 e. The number of hydrogen-bond donors (Lipinski definition) is 2. The van der Waals surface area contributed by atoms with E-state index in [2.05, 4.69) is 5.32 Å². The molecule has 1 fully saturated rings. The van der Waals surface area contributed by atoms with Crippen molar-refractivity contribution < 1.29 is 29.0 Å². The number of carbonyl (C=O) groups is 4. The molecule has 2 aromatic carbocycles. The van der Waals surface area contributed by atoms with Gasteiger partial charge >= 0.3 is 5.97 Å². The van der Waals surface area contributed by atoms with E-state index in [1.807, 2.05) is 0 Å². The number of nitrogens with zero attached hydrogens (tertiary/aromatic N) is 1. The van der Waals surface area contributed by atoms with Gasteiger partial charge in [0.05, 0.1) is 4.91 Å². The molecule has 3 rings (SSSR count). The Kier molecular flexibility index (Phi) is 6.98. The van der Waals surface area contributed by atoms with E-state index in [-0.39, 0.29) is 4.91 Å². The highest BCUT2D eigenvalue weighted by Crippen LogP contribution is 2.32. The third-order valence-electron chi connectivity index (χ3n) is 4.19. The number of carbonyl (C=O) groups excluding carboxylic acids is 3. The lowest BCUT2D eigenvalue weighted by atomic mass is 10.2. The largest absolute Gasteiger partial charge is 0.482 e. The summed E-state index contributed by atoms with van der Waals surface area (Å²) in [7, 11) is 0. The second-order valence-electron chi connectivity index (χ2n) is 6.53. The molecule has 8 nitrogen and oxygen atoms in total. The number of benzene rings is 2. The van der Waals surface area contributed by atoms with Gasteiger partial charge in [0.25, 0.3) is 11.1 Å². The van der Waals surface area contributed by atoms with Crippen molar-refractivity contribution in [3.63, 3.8) is 0 Å². The van der Waals surface area contributed by atoms with Crippen LogP contribution in [0.15, 0.2) is 47.4 Å². The van der Waals surface area contributed by atoms with Crippen LogP contribution >= 0.6 is 23.4 Å². The summed E-state index contributed by atoms with van der Waals surface area (Å²) < 4.78 is 5.05. The average molecular weight is 461 g/mol. The third-order valence-corrected chi connectivity index (χ3v) is 5.33. The number of amides is 3. The molecule has 1 heterocycles. The summed E-state index contributed by atoms with van der Waals surface area (Å²) in [6, 6.07) is 11.4. The van der Waals surface area contributed by atoms with Crippen molar-refractivity contribution in [2.45, 2.75) is 6.92 Å². The molecule has 0 bridgehead atoms. The average Bonchev–Trinajstić information content (AvgIpc) is 2.97. The highest BCUT2D eigenvalue weighted by molar-refractivity contribution is 8.18. The molecule has 10 heteroatoms. The van der Waals surface area contributed by atoms with Crippen LogP contribution in [-0.2, 0) is 14.4 Å². The van der Waals surface area contributed by atoms with E-state index in [0.29, 0.717) is 22.0 Å². The van der Waals surface area contributed by atoms with Crippen LogP contribution in [0.3, 0.4) is 0 Å². The van der Waals surface area contributed by atoms with Crippen LogP contribution < -0.4 is 10.1 Å². The summed E-state index contributed by atoms with van der Waals surface area (Å²) in [4.78, 5) is 48.8. The first-order valence-electron chi connectivity index (χ1n) is 8.99.